The Hall–Kier alpha value is -2.44. The lowest BCUT2D eigenvalue weighted by Gasteiger charge is -2.06. The van der Waals surface area contributed by atoms with E-state index in [2.05, 4.69) is 15.2 Å². The number of rotatable bonds is 5. The van der Waals surface area contributed by atoms with E-state index in [0.29, 0.717) is 11.4 Å². The zero-order valence-electron chi connectivity index (χ0n) is 10.7. The molecule has 20 heavy (non-hydrogen) atoms. The van der Waals surface area contributed by atoms with Crippen molar-refractivity contribution in [3.05, 3.63) is 42.1 Å². The molecule has 2 aromatic rings. The van der Waals surface area contributed by atoms with Crippen molar-refractivity contribution < 1.29 is 18.3 Å². The molecule has 2 rings (SSSR count). The summed E-state index contributed by atoms with van der Waals surface area (Å²) < 4.78 is 29.8. The monoisotopic (exact) mass is 281 g/mol. The van der Waals surface area contributed by atoms with E-state index < -0.39 is 6.61 Å². The van der Waals surface area contributed by atoms with E-state index in [0.717, 1.165) is 0 Å². The van der Waals surface area contributed by atoms with Crippen LogP contribution < -0.4 is 10.1 Å². The average molecular weight is 281 g/mol. The van der Waals surface area contributed by atoms with Gasteiger partial charge in [0, 0.05) is 19.3 Å². The first-order valence-corrected chi connectivity index (χ1v) is 5.86. The lowest BCUT2D eigenvalue weighted by atomic mass is 10.1. The molecule has 0 spiro atoms. The van der Waals surface area contributed by atoms with Crippen LogP contribution in [-0.2, 0) is 18.3 Å². The lowest BCUT2D eigenvalue weighted by Crippen LogP contribution is -2.15. The first-order chi connectivity index (χ1) is 9.52. The molecule has 0 unspecified atom stereocenters. The second-order valence-corrected chi connectivity index (χ2v) is 4.12. The highest BCUT2D eigenvalue weighted by Gasteiger charge is 2.07. The smallest absolute Gasteiger partial charge is 0.387 e. The van der Waals surface area contributed by atoms with Crippen molar-refractivity contribution in [3.8, 4) is 5.75 Å². The van der Waals surface area contributed by atoms with Crippen molar-refractivity contribution >= 4 is 11.7 Å². The van der Waals surface area contributed by atoms with E-state index in [-0.39, 0.29) is 18.1 Å². The highest BCUT2D eigenvalue weighted by molar-refractivity contribution is 5.91. The molecule has 0 fully saturated rings. The van der Waals surface area contributed by atoms with Crippen LogP contribution in [0.4, 0.5) is 14.6 Å². The van der Waals surface area contributed by atoms with Gasteiger partial charge in [0.15, 0.2) is 5.82 Å². The van der Waals surface area contributed by atoms with Crippen LogP contribution in [0.25, 0.3) is 0 Å². The van der Waals surface area contributed by atoms with Gasteiger partial charge >= 0.3 is 6.61 Å². The van der Waals surface area contributed by atoms with Gasteiger partial charge in [-0.1, -0.05) is 12.1 Å². The minimum Gasteiger partial charge on any atom is -0.435 e. The van der Waals surface area contributed by atoms with Gasteiger partial charge in [0.2, 0.25) is 5.91 Å². The molecule has 0 aliphatic rings. The Kier molecular flexibility index (Phi) is 4.29. The van der Waals surface area contributed by atoms with Crippen molar-refractivity contribution in [2.24, 2.45) is 7.05 Å². The summed E-state index contributed by atoms with van der Waals surface area (Å²) in [7, 11) is 1.75. The summed E-state index contributed by atoms with van der Waals surface area (Å²) >= 11 is 0. The van der Waals surface area contributed by atoms with Crippen molar-refractivity contribution in [2.45, 2.75) is 13.0 Å². The minimum atomic E-state index is -2.85. The van der Waals surface area contributed by atoms with Crippen LogP contribution in [0.2, 0.25) is 0 Å². The number of carbonyl (C=O) groups is 1. The lowest BCUT2D eigenvalue weighted by molar-refractivity contribution is -0.115. The number of nitrogens with one attached hydrogen (secondary N) is 1. The van der Waals surface area contributed by atoms with Crippen LogP contribution in [-0.4, -0.2) is 22.3 Å². The number of hydrogen-bond acceptors (Lipinski definition) is 3. The van der Waals surface area contributed by atoms with E-state index in [1.165, 1.54) is 12.1 Å². The molecule has 7 heteroatoms. The van der Waals surface area contributed by atoms with E-state index in [1.54, 1.807) is 36.1 Å². The predicted molar refractivity (Wildman–Crippen MR) is 68.6 cm³/mol. The molecule has 1 amide bonds. The second-order valence-electron chi connectivity index (χ2n) is 4.12. The van der Waals surface area contributed by atoms with Gasteiger partial charge in [-0.05, 0) is 17.7 Å². The van der Waals surface area contributed by atoms with Crippen LogP contribution >= 0.6 is 0 Å². The van der Waals surface area contributed by atoms with Gasteiger partial charge in [0.05, 0.1) is 6.42 Å². The molecule has 106 valence electrons. The predicted octanol–water partition coefficient (Wildman–Crippen LogP) is 2.20. The molecule has 0 atom stereocenters. The summed E-state index contributed by atoms with van der Waals surface area (Å²) in [4.78, 5) is 11.7. The number of nitrogens with zero attached hydrogens (tertiary/aromatic N) is 2. The summed E-state index contributed by atoms with van der Waals surface area (Å²) in [6.07, 6.45) is 1.84. The number of amides is 1. The molecule has 1 aromatic heterocycles. The number of halogens is 2. The third-order valence-electron chi connectivity index (χ3n) is 2.49. The molecule has 0 saturated heterocycles. The highest BCUT2D eigenvalue weighted by Crippen LogP contribution is 2.15. The Labute approximate surface area is 114 Å². The Balaban J connectivity index is 1.91. The largest absolute Gasteiger partial charge is 0.435 e. The molecular formula is C13H13F2N3O2. The third-order valence-corrected chi connectivity index (χ3v) is 2.49. The summed E-state index contributed by atoms with van der Waals surface area (Å²) in [5.41, 5.74) is 0.694. The molecule has 0 aliphatic heterocycles. The van der Waals surface area contributed by atoms with Crippen molar-refractivity contribution in [2.75, 3.05) is 5.32 Å². The maximum atomic E-state index is 12.0. The SMILES string of the molecule is Cn1ccc(NC(=O)Cc2ccc(OC(F)F)cc2)n1. The molecule has 5 nitrogen and oxygen atoms in total. The van der Waals surface area contributed by atoms with Gasteiger partial charge < -0.3 is 10.1 Å². The number of benzene rings is 1. The van der Waals surface area contributed by atoms with E-state index in [9.17, 15) is 13.6 Å². The van der Waals surface area contributed by atoms with Crippen LogP contribution in [0.3, 0.4) is 0 Å². The van der Waals surface area contributed by atoms with Crippen LogP contribution in [0, 0.1) is 0 Å². The molecule has 0 aliphatic carbocycles. The Morgan fingerprint density at radius 3 is 2.60 bits per heavy atom. The molecule has 1 heterocycles. The van der Waals surface area contributed by atoms with Gasteiger partial charge in [-0.25, -0.2) is 0 Å². The van der Waals surface area contributed by atoms with Gasteiger partial charge in [-0.3, -0.25) is 9.48 Å². The normalized spacial score (nSPS) is 10.6. The van der Waals surface area contributed by atoms with Gasteiger partial charge in [0.1, 0.15) is 5.75 Å². The third kappa shape index (κ3) is 4.04. The average Bonchev–Trinajstić information content (AvgIpc) is 2.76. The summed E-state index contributed by atoms with van der Waals surface area (Å²) in [5.74, 6) is 0.301. The van der Waals surface area contributed by atoms with E-state index >= 15 is 0 Å². The van der Waals surface area contributed by atoms with Gasteiger partial charge in [0.25, 0.3) is 0 Å². The Morgan fingerprint density at radius 2 is 2.05 bits per heavy atom. The molecule has 0 saturated carbocycles. The van der Waals surface area contributed by atoms with E-state index in [4.69, 9.17) is 0 Å². The van der Waals surface area contributed by atoms with Gasteiger partial charge in [-0.2, -0.15) is 13.9 Å². The molecule has 1 N–H and O–H groups in total. The fourth-order valence-corrected chi connectivity index (χ4v) is 1.64. The first-order valence-electron chi connectivity index (χ1n) is 5.86. The summed E-state index contributed by atoms with van der Waals surface area (Å²) in [6.45, 7) is -2.85. The number of carbonyl (C=O) groups excluding carboxylic acids is 1. The molecular weight excluding hydrogens is 268 g/mol. The number of aryl methyl sites for hydroxylation is 1. The van der Waals surface area contributed by atoms with Crippen LogP contribution in [0.1, 0.15) is 5.56 Å². The standard InChI is InChI=1S/C13H13F2N3O2/c1-18-7-6-11(17-18)16-12(19)8-9-2-4-10(5-3-9)20-13(14)15/h2-7,13H,8H2,1H3,(H,16,17,19). The topological polar surface area (TPSA) is 56.2 Å². The molecule has 1 aromatic carbocycles. The number of ether oxygens (including phenoxy) is 1. The number of alkyl halides is 2. The van der Waals surface area contributed by atoms with Crippen molar-refractivity contribution in [3.63, 3.8) is 0 Å². The first kappa shape index (κ1) is 14.0. The van der Waals surface area contributed by atoms with Crippen molar-refractivity contribution in [1.29, 1.82) is 0 Å². The second kappa shape index (κ2) is 6.14. The summed E-state index contributed by atoms with van der Waals surface area (Å²) in [5, 5.41) is 6.66. The van der Waals surface area contributed by atoms with Gasteiger partial charge in [-0.15, -0.1) is 0 Å². The quantitative estimate of drug-likeness (QED) is 0.914. The fourth-order valence-electron chi connectivity index (χ4n) is 1.64. The van der Waals surface area contributed by atoms with Crippen LogP contribution in [0.5, 0.6) is 5.75 Å². The fraction of sp³-hybridized carbons (Fsp3) is 0.231. The molecule has 0 radical (unpaired) electrons. The minimum absolute atomic E-state index is 0.0638. The maximum absolute atomic E-state index is 12.0. The molecule has 0 bridgehead atoms. The Morgan fingerprint density at radius 1 is 1.35 bits per heavy atom. The Bertz CT molecular complexity index is 582. The van der Waals surface area contributed by atoms with E-state index in [1.807, 2.05) is 0 Å². The summed E-state index contributed by atoms with van der Waals surface area (Å²) in [6, 6.07) is 7.61. The highest BCUT2D eigenvalue weighted by atomic mass is 19.3. The number of hydrogen-bond donors (Lipinski definition) is 1. The zero-order chi connectivity index (χ0) is 14.5. The van der Waals surface area contributed by atoms with Crippen LogP contribution in [0.15, 0.2) is 36.5 Å². The van der Waals surface area contributed by atoms with Crippen molar-refractivity contribution in [1.82, 2.24) is 9.78 Å². The maximum Gasteiger partial charge on any atom is 0.387 e. The zero-order valence-corrected chi connectivity index (χ0v) is 10.7. The number of aromatic nitrogens is 2. The number of anilines is 1.